The van der Waals surface area contributed by atoms with Gasteiger partial charge in [-0.2, -0.15) is 0 Å². The van der Waals surface area contributed by atoms with Crippen molar-refractivity contribution in [3.05, 3.63) is 87.2 Å². The molecule has 0 saturated heterocycles. The molecular weight excluding hydrogens is 380 g/mol. The van der Waals surface area contributed by atoms with Crippen LogP contribution in [0.4, 0.5) is 0 Å². The Morgan fingerprint density at radius 1 is 0.903 bits per heavy atom. The van der Waals surface area contributed by atoms with Crippen molar-refractivity contribution in [2.45, 2.75) is 71.6 Å². The molecule has 2 unspecified atom stereocenters. The highest BCUT2D eigenvalue weighted by Gasteiger charge is 2.58. The second-order valence-corrected chi connectivity index (χ2v) is 11.5. The van der Waals surface area contributed by atoms with Gasteiger partial charge in [-0.1, -0.05) is 64.1 Å². The maximum absolute atomic E-state index is 11.3. The fourth-order valence-corrected chi connectivity index (χ4v) is 7.02. The van der Waals surface area contributed by atoms with Gasteiger partial charge < -0.3 is 10.2 Å². The summed E-state index contributed by atoms with van der Waals surface area (Å²) in [6, 6.07) is 13.0. The van der Waals surface area contributed by atoms with Gasteiger partial charge in [-0.05, 0) is 89.0 Å². The number of aromatic hydroxyl groups is 1. The highest BCUT2D eigenvalue weighted by atomic mass is 16.3. The zero-order valence-corrected chi connectivity index (χ0v) is 19.6. The third-order valence-corrected chi connectivity index (χ3v) is 8.14. The lowest BCUT2D eigenvalue weighted by Gasteiger charge is -2.40. The SMILES string of the molecule is CC1=CC(C)(C)CC(C2Cc3ccccc3C23CC(C)(C)c2cc(C)c(O)cc23)=C1O. The van der Waals surface area contributed by atoms with E-state index in [2.05, 4.69) is 64.1 Å². The number of hydrogen-bond acceptors (Lipinski definition) is 2. The number of fused-ring (bicyclic) bond motifs is 4. The predicted molar refractivity (Wildman–Crippen MR) is 127 cm³/mol. The van der Waals surface area contributed by atoms with E-state index in [1.54, 1.807) is 0 Å². The van der Waals surface area contributed by atoms with Gasteiger partial charge in [0.2, 0.25) is 0 Å². The molecule has 1 spiro atoms. The van der Waals surface area contributed by atoms with Crippen molar-refractivity contribution in [1.29, 1.82) is 0 Å². The Labute approximate surface area is 186 Å². The van der Waals surface area contributed by atoms with E-state index >= 15 is 0 Å². The number of aryl methyl sites for hydroxylation is 1. The third-order valence-electron chi connectivity index (χ3n) is 8.14. The minimum absolute atomic E-state index is 0.00522. The Balaban J connectivity index is 1.82. The van der Waals surface area contributed by atoms with Crippen LogP contribution in [0, 0.1) is 18.3 Å². The molecule has 0 saturated carbocycles. The Bertz CT molecular complexity index is 1160. The number of benzene rings is 2. The Hall–Kier alpha value is -2.48. The molecule has 2 aromatic rings. The predicted octanol–water partition coefficient (Wildman–Crippen LogP) is 7.03. The molecule has 0 bridgehead atoms. The van der Waals surface area contributed by atoms with E-state index in [1.165, 1.54) is 27.8 Å². The van der Waals surface area contributed by atoms with Crippen LogP contribution in [0.25, 0.3) is 0 Å². The van der Waals surface area contributed by atoms with Gasteiger partial charge in [0.1, 0.15) is 11.5 Å². The first-order valence-electron chi connectivity index (χ1n) is 11.5. The van der Waals surface area contributed by atoms with Gasteiger partial charge in [-0.15, -0.1) is 0 Å². The zero-order chi connectivity index (χ0) is 22.3. The molecule has 0 amide bonds. The van der Waals surface area contributed by atoms with Gasteiger partial charge in [-0.3, -0.25) is 0 Å². The number of rotatable bonds is 1. The molecule has 3 aliphatic carbocycles. The molecule has 0 radical (unpaired) electrons. The average Bonchev–Trinajstić information content (AvgIpc) is 3.11. The maximum atomic E-state index is 11.3. The van der Waals surface area contributed by atoms with Gasteiger partial charge in [0.05, 0.1) is 0 Å². The summed E-state index contributed by atoms with van der Waals surface area (Å²) >= 11 is 0. The summed E-state index contributed by atoms with van der Waals surface area (Å²) < 4.78 is 0. The van der Waals surface area contributed by atoms with Gasteiger partial charge in [0.15, 0.2) is 0 Å². The Kier molecular flexibility index (Phi) is 4.14. The lowest BCUT2D eigenvalue weighted by Crippen LogP contribution is -2.36. The minimum atomic E-state index is -0.225. The number of phenolic OH excluding ortho intramolecular Hbond substituents is 1. The van der Waals surface area contributed by atoms with Gasteiger partial charge in [-0.25, -0.2) is 0 Å². The van der Waals surface area contributed by atoms with Crippen molar-refractivity contribution < 1.29 is 10.2 Å². The lowest BCUT2D eigenvalue weighted by atomic mass is 9.63. The first-order chi connectivity index (χ1) is 14.5. The van der Waals surface area contributed by atoms with Crippen LogP contribution in [0.3, 0.4) is 0 Å². The molecule has 31 heavy (non-hydrogen) atoms. The van der Waals surface area contributed by atoms with Crippen molar-refractivity contribution in [2.24, 2.45) is 11.3 Å². The average molecular weight is 415 g/mol. The molecule has 3 aliphatic rings. The molecule has 2 N–H and O–H groups in total. The topological polar surface area (TPSA) is 40.5 Å². The van der Waals surface area contributed by atoms with Crippen LogP contribution < -0.4 is 0 Å². The van der Waals surface area contributed by atoms with E-state index < -0.39 is 0 Å². The second kappa shape index (κ2) is 6.28. The fraction of sp³-hybridized carbons (Fsp3) is 0.448. The highest BCUT2D eigenvalue weighted by molar-refractivity contribution is 5.62. The Morgan fingerprint density at radius 3 is 2.35 bits per heavy atom. The molecule has 2 heteroatoms. The van der Waals surface area contributed by atoms with Crippen molar-refractivity contribution >= 4 is 0 Å². The number of aliphatic hydroxyl groups excluding tert-OH is 1. The molecule has 2 nitrogen and oxygen atoms in total. The lowest BCUT2D eigenvalue weighted by molar-refractivity contribution is 0.289. The molecule has 0 aliphatic heterocycles. The molecule has 2 aromatic carbocycles. The molecule has 5 rings (SSSR count). The Morgan fingerprint density at radius 2 is 1.61 bits per heavy atom. The first kappa shape index (κ1) is 20.4. The van der Waals surface area contributed by atoms with Crippen LogP contribution in [-0.2, 0) is 17.3 Å². The minimum Gasteiger partial charge on any atom is -0.508 e. The van der Waals surface area contributed by atoms with Crippen molar-refractivity contribution in [3.63, 3.8) is 0 Å². The van der Waals surface area contributed by atoms with Crippen molar-refractivity contribution in [2.75, 3.05) is 0 Å². The van der Waals surface area contributed by atoms with E-state index in [0.29, 0.717) is 11.5 Å². The van der Waals surface area contributed by atoms with E-state index in [1.807, 2.05) is 19.9 Å². The van der Waals surface area contributed by atoms with Gasteiger partial charge in [0.25, 0.3) is 0 Å². The van der Waals surface area contributed by atoms with E-state index in [9.17, 15) is 10.2 Å². The van der Waals surface area contributed by atoms with Crippen LogP contribution in [0.2, 0.25) is 0 Å². The summed E-state index contributed by atoms with van der Waals surface area (Å²) in [5.41, 5.74) is 8.24. The number of phenols is 1. The standard InChI is InChI=1S/C29H34O2/c1-17-11-23-24(13-25(17)30)29(16-28(23,5)6)21-10-8-7-9-19(21)12-22(29)20-15-27(3,4)14-18(2)26(20)31/h7-11,13-14,22,30-31H,12,15-16H2,1-6H3. The number of aliphatic hydroxyl groups is 1. The van der Waals surface area contributed by atoms with Crippen LogP contribution in [0.1, 0.15) is 75.3 Å². The maximum Gasteiger partial charge on any atom is 0.118 e. The summed E-state index contributed by atoms with van der Waals surface area (Å²) in [7, 11) is 0. The zero-order valence-electron chi connectivity index (χ0n) is 19.6. The van der Waals surface area contributed by atoms with Crippen molar-refractivity contribution in [3.8, 4) is 5.75 Å². The van der Waals surface area contributed by atoms with E-state index in [0.717, 1.165) is 30.4 Å². The first-order valence-corrected chi connectivity index (χ1v) is 11.5. The normalized spacial score (nSPS) is 27.9. The van der Waals surface area contributed by atoms with Crippen LogP contribution >= 0.6 is 0 Å². The van der Waals surface area contributed by atoms with E-state index in [-0.39, 0.29) is 22.2 Å². The van der Waals surface area contributed by atoms with Crippen LogP contribution in [-0.4, -0.2) is 10.2 Å². The second-order valence-electron chi connectivity index (χ2n) is 11.5. The number of allylic oxidation sites excluding steroid dienone is 3. The number of hydrogen-bond donors (Lipinski definition) is 2. The summed E-state index contributed by atoms with van der Waals surface area (Å²) in [5.74, 6) is 1.05. The summed E-state index contributed by atoms with van der Waals surface area (Å²) in [5, 5.41) is 22.0. The fourth-order valence-electron chi connectivity index (χ4n) is 7.02. The molecule has 2 atom stereocenters. The largest absolute Gasteiger partial charge is 0.508 e. The van der Waals surface area contributed by atoms with Crippen molar-refractivity contribution in [1.82, 2.24) is 0 Å². The third kappa shape index (κ3) is 2.76. The van der Waals surface area contributed by atoms with Crippen LogP contribution in [0.15, 0.2) is 59.4 Å². The molecule has 162 valence electrons. The van der Waals surface area contributed by atoms with Crippen LogP contribution in [0.5, 0.6) is 5.75 Å². The monoisotopic (exact) mass is 414 g/mol. The molecule has 0 fully saturated rings. The quantitative estimate of drug-likeness (QED) is 0.526. The molecule has 0 heterocycles. The summed E-state index contributed by atoms with van der Waals surface area (Å²) in [6.45, 7) is 13.2. The van der Waals surface area contributed by atoms with Gasteiger partial charge in [0, 0.05) is 11.3 Å². The molecular formula is C29H34O2. The smallest absolute Gasteiger partial charge is 0.118 e. The summed E-state index contributed by atoms with van der Waals surface area (Å²) in [4.78, 5) is 0. The van der Waals surface area contributed by atoms with Gasteiger partial charge >= 0.3 is 0 Å². The molecule has 0 aromatic heterocycles. The highest BCUT2D eigenvalue weighted by Crippen LogP contribution is 2.64. The summed E-state index contributed by atoms with van der Waals surface area (Å²) in [6.07, 6.45) is 5.00. The van der Waals surface area contributed by atoms with E-state index in [4.69, 9.17) is 0 Å².